The fourth-order valence-electron chi connectivity index (χ4n) is 3.06. The van der Waals surface area contributed by atoms with Crippen molar-refractivity contribution >= 4 is 38.4 Å². The van der Waals surface area contributed by atoms with E-state index >= 15 is 0 Å². The molecule has 7 nitrogen and oxygen atoms in total. The second-order valence-corrected chi connectivity index (χ2v) is 9.87. The van der Waals surface area contributed by atoms with Gasteiger partial charge in [0.15, 0.2) is 15.0 Å². The first-order chi connectivity index (χ1) is 13.0. The maximum atomic E-state index is 12.4. The van der Waals surface area contributed by atoms with E-state index in [4.69, 9.17) is 0 Å². The van der Waals surface area contributed by atoms with E-state index in [0.717, 1.165) is 11.3 Å². The van der Waals surface area contributed by atoms with Crippen molar-refractivity contribution in [1.82, 2.24) is 10.3 Å². The van der Waals surface area contributed by atoms with Crippen molar-refractivity contribution in [3.8, 4) is 0 Å². The number of fused-ring (bicyclic) bond motifs is 1. The van der Waals surface area contributed by atoms with E-state index in [0.29, 0.717) is 17.3 Å². The third kappa shape index (κ3) is 4.30. The molecule has 2 aliphatic heterocycles. The number of pyridine rings is 1. The summed E-state index contributed by atoms with van der Waals surface area (Å²) in [4.78, 5) is 20.9. The Labute approximate surface area is 161 Å². The number of sulfone groups is 1. The molecule has 1 saturated heterocycles. The predicted octanol–water partition coefficient (Wildman–Crippen LogP) is 1.69. The lowest BCUT2D eigenvalue weighted by atomic mass is 10.2. The van der Waals surface area contributed by atoms with Crippen molar-refractivity contribution < 1.29 is 13.2 Å². The van der Waals surface area contributed by atoms with Crippen molar-refractivity contribution in [3.05, 3.63) is 59.9 Å². The number of amides is 1. The molecule has 4 rings (SSSR count). The molecule has 3 heterocycles. The van der Waals surface area contributed by atoms with Crippen molar-refractivity contribution in [2.45, 2.75) is 17.8 Å². The highest BCUT2D eigenvalue weighted by Crippen LogP contribution is 2.34. The largest absolute Gasteiger partial charge is 0.348 e. The van der Waals surface area contributed by atoms with Crippen LogP contribution in [0.15, 0.2) is 53.8 Å². The van der Waals surface area contributed by atoms with Gasteiger partial charge in [0, 0.05) is 35.4 Å². The van der Waals surface area contributed by atoms with Crippen LogP contribution in [0.2, 0.25) is 0 Å². The predicted molar refractivity (Wildman–Crippen MR) is 107 cm³/mol. The van der Waals surface area contributed by atoms with E-state index in [1.807, 2.05) is 18.2 Å². The van der Waals surface area contributed by atoms with Crippen LogP contribution in [-0.4, -0.2) is 47.3 Å². The monoisotopic (exact) mass is 402 g/mol. The molecule has 1 fully saturated rings. The number of benzene rings is 1. The third-order valence-corrected chi connectivity index (χ3v) is 7.51. The maximum Gasteiger partial charge on any atom is 0.251 e. The van der Waals surface area contributed by atoms with E-state index in [-0.39, 0.29) is 28.7 Å². The Kier molecular flexibility index (Phi) is 4.88. The van der Waals surface area contributed by atoms with Gasteiger partial charge in [0.25, 0.3) is 5.91 Å². The number of thioether (sulfide) groups is 1. The van der Waals surface area contributed by atoms with Gasteiger partial charge in [-0.2, -0.15) is 0 Å². The minimum Gasteiger partial charge on any atom is -0.348 e. The number of rotatable bonds is 4. The van der Waals surface area contributed by atoms with Gasteiger partial charge in [0.2, 0.25) is 0 Å². The first-order valence-electron chi connectivity index (χ1n) is 8.48. The summed E-state index contributed by atoms with van der Waals surface area (Å²) >= 11 is 1.45. The van der Waals surface area contributed by atoms with Crippen LogP contribution in [0.1, 0.15) is 15.9 Å². The van der Waals surface area contributed by atoms with E-state index in [9.17, 15) is 13.2 Å². The topological polar surface area (TPSA) is 101 Å². The lowest BCUT2D eigenvalue weighted by Gasteiger charge is -2.09. The lowest BCUT2D eigenvalue weighted by Crippen LogP contribution is -2.23. The molecule has 0 saturated carbocycles. The molecule has 2 aliphatic rings. The Morgan fingerprint density at radius 1 is 1.22 bits per heavy atom. The zero-order valence-electron chi connectivity index (χ0n) is 14.3. The fraction of sp³-hybridized carbons (Fsp3) is 0.278. The normalized spacial score (nSPS) is 22.7. The van der Waals surface area contributed by atoms with Crippen LogP contribution in [0.3, 0.4) is 0 Å². The van der Waals surface area contributed by atoms with Crippen molar-refractivity contribution in [2.75, 3.05) is 16.8 Å². The molecular weight excluding hydrogens is 384 g/mol. The Bertz CT molecular complexity index is 993. The highest BCUT2D eigenvalue weighted by molar-refractivity contribution is 8.15. The molecule has 2 aromatic rings. The summed E-state index contributed by atoms with van der Waals surface area (Å²) in [5.74, 6) is 0.118. The summed E-state index contributed by atoms with van der Waals surface area (Å²) in [6, 6.07) is 10.7. The second kappa shape index (κ2) is 7.32. The standard InChI is InChI=1S/C18H18N4O3S2/c23-17(20-9-12-3-2-6-19-8-12)13-4-1-5-14(7-13)21-18-22-15-10-27(24,25)11-16(15)26-18/h1-8,15-16H,9-11H2,(H,20,23)(H,21,22)/t15-,16+/m0/s1. The van der Waals surface area contributed by atoms with Gasteiger partial charge in [-0.3, -0.25) is 14.8 Å². The summed E-state index contributed by atoms with van der Waals surface area (Å²) < 4.78 is 23.3. The molecule has 1 aromatic heterocycles. The van der Waals surface area contributed by atoms with Crippen molar-refractivity contribution in [1.29, 1.82) is 0 Å². The van der Waals surface area contributed by atoms with Gasteiger partial charge in [-0.05, 0) is 29.8 Å². The second-order valence-electron chi connectivity index (χ2n) is 6.48. The Balaban J connectivity index is 1.39. The number of nitrogens with one attached hydrogen (secondary N) is 2. The SMILES string of the molecule is O=C(NCc1cccnc1)c1cccc(NC2=N[C@H]3CS(=O)(=O)C[C@H]3S2)c1. The summed E-state index contributed by atoms with van der Waals surface area (Å²) in [6.45, 7) is 0.407. The summed E-state index contributed by atoms with van der Waals surface area (Å²) in [6.07, 6.45) is 3.40. The fourth-order valence-corrected chi connectivity index (χ4v) is 6.74. The molecule has 0 radical (unpaired) electrons. The molecule has 140 valence electrons. The van der Waals surface area contributed by atoms with Gasteiger partial charge >= 0.3 is 0 Å². The number of aromatic nitrogens is 1. The van der Waals surface area contributed by atoms with Gasteiger partial charge in [-0.15, -0.1) is 0 Å². The van der Waals surface area contributed by atoms with E-state index < -0.39 is 9.84 Å². The number of hydrogen-bond acceptors (Lipinski definition) is 7. The van der Waals surface area contributed by atoms with Crippen LogP contribution in [0.4, 0.5) is 5.69 Å². The first-order valence-corrected chi connectivity index (χ1v) is 11.2. The van der Waals surface area contributed by atoms with Gasteiger partial charge in [-0.25, -0.2) is 8.42 Å². The van der Waals surface area contributed by atoms with Crippen molar-refractivity contribution in [3.63, 3.8) is 0 Å². The van der Waals surface area contributed by atoms with E-state index in [1.54, 1.807) is 30.6 Å². The van der Waals surface area contributed by atoms with Crippen LogP contribution in [0.5, 0.6) is 0 Å². The highest BCUT2D eigenvalue weighted by Gasteiger charge is 2.42. The molecule has 0 unspecified atom stereocenters. The molecular formula is C18H18N4O3S2. The number of aliphatic imine (C=N–C) groups is 1. The minimum atomic E-state index is -2.96. The van der Waals surface area contributed by atoms with E-state index in [1.165, 1.54) is 11.8 Å². The van der Waals surface area contributed by atoms with Gasteiger partial charge in [0.05, 0.1) is 17.5 Å². The number of nitrogens with zero attached hydrogens (tertiary/aromatic N) is 2. The van der Waals surface area contributed by atoms with Gasteiger partial charge in [-0.1, -0.05) is 23.9 Å². The Hall–Kier alpha value is -2.39. The van der Waals surface area contributed by atoms with Crippen LogP contribution in [-0.2, 0) is 16.4 Å². The minimum absolute atomic E-state index is 0.0107. The maximum absolute atomic E-state index is 12.4. The molecule has 9 heteroatoms. The van der Waals surface area contributed by atoms with E-state index in [2.05, 4.69) is 20.6 Å². The molecule has 0 spiro atoms. The van der Waals surface area contributed by atoms with Crippen LogP contribution >= 0.6 is 11.8 Å². The van der Waals surface area contributed by atoms with Crippen LogP contribution in [0, 0.1) is 0 Å². The number of hydrogen-bond donors (Lipinski definition) is 2. The zero-order valence-corrected chi connectivity index (χ0v) is 16.0. The van der Waals surface area contributed by atoms with Gasteiger partial charge < -0.3 is 10.6 Å². The summed E-state index contributed by atoms with van der Waals surface area (Å²) in [7, 11) is -2.96. The quantitative estimate of drug-likeness (QED) is 0.807. The molecule has 0 bridgehead atoms. The molecule has 2 atom stereocenters. The molecule has 1 aromatic carbocycles. The highest BCUT2D eigenvalue weighted by atomic mass is 32.2. The molecule has 2 N–H and O–H groups in total. The van der Waals surface area contributed by atoms with Crippen LogP contribution in [0.25, 0.3) is 0 Å². The average Bonchev–Trinajstić information content (AvgIpc) is 3.13. The zero-order chi connectivity index (χ0) is 18.9. The first kappa shape index (κ1) is 18.0. The number of anilines is 1. The Morgan fingerprint density at radius 2 is 2.11 bits per heavy atom. The van der Waals surface area contributed by atoms with Gasteiger partial charge in [0.1, 0.15) is 0 Å². The average molecular weight is 403 g/mol. The number of amidine groups is 1. The lowest BCUT2D eigenvalue weighted by molar-refractivity contribution is 0.0951. The summed E-state index contributed by atoms with van der Waals surface area (Å²) in [5.41, 5.74) is 2.21. The molecule has 0 aliphatic carbocycles. The third-order valence-electron chi connectivity index (χ3n) is 4.37. The Morgan fingerprint density at radius 3 is 2.89 bits per heavy atom. The summed E-state index contributed by atoms with van der Waals surface area (Å²) in [5, 5.41) is 6.75. The number of carbonyl (C=O) groups excluding carboxylic acids is 1. The molecule has 27 heavy (non-hydrogen) atoms. The van der Waals surface area contributed by atoms with Crippen molar-refractivity contribution in [2.24, 2.45) is 4.99 Å². The number of carbonyl (C=O) groups is 1. The van der Waals surface area contributed by atoms with Crippen LogP contribution < -0.4 is 10.6 Å². The molecule has 1 amide bonds. The smallest absolute Gasteiger partial charge is 0.251 e.